The Morgan fingerprint density at radius 2 is 2.44 bits per heavy atom. The molecule has 0 fully saturated rings. The Bertz CT molecular complexity index is 403. The third-order valence-corrected chi connectivity index (χ3v) is 3.42. The number of hydrogen-bond donors (Lipinski definition) is 3. The number of thiophene rings is 1. The molecule has 0 saturated carbocycles. The van der Waals surface area contributed by atoms with Crippen LogP contribution in [0, 0.1) is 0 Å². The van der Waals surface area contributed by atoms with Gasteiger partial charge < -0.3 is 20.6 Å². The number of aromatic carboxylic acids is 1. The van der Waals surface area contributed by atoms with E-state index in [1.54, 1.807) is 0 Å². The Labute approximate surface area is 98.1 Å². The van der Waals surface area contributed by atoms with E-state index in [-0.39, 0.29) is 0 Å². The van der Waals surface area contributed by atoms with Crippen LogP contribution in [0.2, 0.25) is 0 Å². The fourth-order valence-electron chi connectivity index (χ4n) is 1.84. The molecule has 1 aromatic rings. The summed E-state index contributed by atoms with van der Waals surface area (Å²) in [6.45, 7) is 1.67. The lowest BCUT2D eigenvalue weighted by Gasteiger charge is -2.28. The third kappa shape index (κ3) is 2.12. The average Bonchev–Trinajstić information content (AvgIpc) is 2.59. The number of carbonyl (C=O) groups is 1. The van der Waals surface area contributed by atoms with Crippen LogP contribution in [-0.4, -0.2) is 49.2 Å². The van der Waals surface area contributed by atoms with Crippen LogP contribution in [0.5, 0.6) is 0 Å². The van der Waals surface area contributed by atoms with Gasteiger partial charge in [-0.3, -0.25) is 0 Å². The number of rotatable bonds is 3. The van der Waals surface area contributed by atoms with E-state index in [2.05, 4.69) is 15.5 Å². The SMILES string of the molecule is CN(C)CC1CNc2c(csc2C(=O)O)N1. The van der Waals surface area contributed by atoms with Gasteiger partial charge in [0.15, 0.2) is 0 Å². The highest BCUT2D eigenvalue weighted by Crippen LogP contribution is 2.35. The van der Waals surface area contributed by atoms with Crippen molar-refractivity contribution in [1.82, 2.24) is 4.90 Å². The lowest BCUT2D eigenvalue weighted by Crippen LogP contribution is -2.40. The zero-order valence-electron chi connectivity index (χ0n) is 9.28. The van der Waals surface area contributed by atoms with E-state index >= 15 is 0 Å². The van der Waals surface area contributed by atoms with Gasteiger partial charge in [-0.15, -0.1) is 11.3 Å². The van der Waals surface area contributed by atoms with E-state index in [0.29, 0.717) is 10.9 Å². The average molecular weight is 241 g/mol. The molecule has 1 aliphatic rings. The standard InChI is InChI=1S/C10H15N3O2S/c1-13(2)4-6-3-11-8-7(12-6)5-16-9(8)10(14)15/h5-6,11-12H,3-4H2,1-2H3,(H,14,15). The molecule has 0 radical (unpaired) electrons. The first-order valence-electron chi connectivity index (χ1n) is 5.08. The molecule has 0 aromatic carbocycles. The molecular formula is C10H15N3O2S. The molecule has 0 spiro atoms. The highest BCUT2D eigenvalue weighted by Gasteiger charge is 2.24. The number of nitrogens with zero attached hydrogens (tertiary/aromatic N) is 1. The highest BCUT2D eigenvalue weighted by atomic mass is 32.1. The number of fused-ring (bicyclic) bond motifs is 1. The van der Waals surface area contributed by atoms with Crippen molar-refractivity contribution in [1.29, 1.82) is 0 Å². The van der Waals surface area contributed by atoms with Crippen molar-refractivity contribution < 1.29 is 9.90 Å². The number of anilines is 2. The molecule has 88 valence electrons. The van der Waals surface area contributed by atoms with E-state index in [4.69, 9.17) is 5.11 Å². The van der Waals surface area contributed by atoms with Gasteiger partial charge in [-0.2, -0.15) is 0 Å². The zero-order chi connectivity index (χ0) is 11.7. The highest BCUT2D eigenvalue weighted by molar-refractivity contribution is 7.13. The summed E-state index contributed by atoms with van der Waals surface area (Å²) in [7, 11) is 4.04. The minimum atomic E-state index is -0.869. The van der Waals surface area contributed by atoms with E-state index in [1.165, 1.54) is 11.3 Å². The first-order valence-corrected chi connectivity index (χ1v) is 5.96. The number of hydrogen-bond acceptors (Lipinski definition) is 5. The molecule has 1 aliphatic heterocycles. The predicted molar refractivity (Wildman–Crippen MR) is 65.7 cm³/mol. The molecule has 1 aromatic heterocycles. The molecule has 1 atom stereocenters. The molecular weight excluding hydrogens is 226 g/mol. The van der Waals surface area contributed by atoms with E-state index < -0.39 is 5.97 Å². The van der Waals surface area contributed by atoms with Gasteiger partial charge in [0, 0.05) is 18.5 Å². The monoisotopic (exact) mass is 241 g/mol. The van der Waals surface area contributed by atoms with Crippen LogP contribution in [0.25, 0.3) is 0 Å². The quantitative estimate of drug-likeness (QED) is 0.742. The van der Waals surface area contributed by atoms with Gasteiger partial charge in [-0.25, -0.2) is 4.79 Å². The van der Waals surface area contributed by atoms with Crippen molar-refractivity contribution in [2.75, 3.05) is 37.8 Å². The summed E-state index contributed by atoms with van der Waals surface area (Å²) in [6, 6.07) is 0.318. The van der Waals surface area contributed by atoms with Crippen molar-refractivity contribution in [3.05, 3.63) is 10.3 Å². The Hall–Kier alpha value is -1.27. The van der Waals surface area contributed by atoms with Crippen LogP contribution >= 0.6 is 11.3 Å². The van der Waals surface area contributed by atoms with E-state index in [9.17, 15) is 4.79 Å². The fraction of sp³-hybridized carbons (Fsp3) is 0.500. The number of carboxylic acid groups (broad SMARTS) is 1. The maximum absolute atomic E-state index is 10.9. The Balaban J connectivity index is 2.14. The van der Waals surface area contributed by atoms with Gasteiger partial charge in [0.05, 0.1) is 17.4 Å². The van der Waals surface area contributed by atoms with Gasteiger partial charge >= 0.3 is 5.97 Å². The molecule has 1 unspecified atom stereocenters. The van der Waals surface area contributed by atoms with E-state index in [0.717, 1.165) is 24.5 Å². The van der Waals surface area contributed by atoms with Crippen LogP contribution in [0.3, 0.4) is 0 Å². The van der Waals surface area contributed by atoms with Crippen molar-refractivity contribution in [3.8, 4) is 0 Å². The molecule has 0 bridgehead atoms. The lowest BCUT2D eigenvalue weighted by molar-refractivity contribution is 0.0703. The van der Waals surface area contributed by atoms with Crippen molar-refractivity contribution >= 4 is 28.7 Å². The summed E-state index contributed by atoms with van der Waals surface area (Å²) in [5.41, 5.74) is 1.63. The maximum atomic E-state index is 10.9. The second kappa shape index (κ2) is 4.31. The molecule has 3 N–H and O–H groups in total. The number of nitrogens with one attached hydrogen (secondary N) is 2. The summed E-state index contributed by atoms with van der Waals surface area (Å²) in [5.74, 6) is -0.869. The second-order valence-electron chi connectivity index (χ2n) is 4.14. The molecule has 0 amide bonds. The first kappa shape index (κ1) is 11.2. The largest absolute Gasteiger partial charge is 0.477 e. The van der Waals surface area contributed by atoms with Crippen molar-refractivity contribution in [3.63, 3.8) is 0 Å². The molecule has 5 nitrogen and oxygen atoms in total. The van der Waals surface area contributed by atoms with Gasteiger partial charge in [0.2, 0.25) is 0 Å². The topological polar surface area (TPSA) is 64.6 Å². The fourth-order valence-corrected chi connectivity index (χ4v) is 2.67. The summed E-state index contributed by atoms with van der Waals surface area (Å²) in [6.07, 6.45) is 0. The third-order valence-electron chi connectivity index (χ3n) is 2.46. The van der Waals surface area contributed by atoms with Crippen LogP contribution in [0.4, 0.5) is 11.4 Å². The molecule has 6 heteroatoms. The minimum absolute atomic E-state index is 0.318. The molecule has 2 rings (SSSR count). The van der Waals surface area contributed by atoms with Crippen molar-refractivity contribution in [2.45, 2.75) is 6.04 Å². The van der Waals surface area contributed by atoms with Crippen LogP contribution < -0.4 is 10.6 Å². The number of likely N-dealkylation sites (N-methyl/N-ethyl adjacent to an activating group) is 1. The van der Waals surface area contributed by atoms with Gasteiger partial charge in [-0.05, 0) is 14.1 Å². The van der Waals surface area contributed by atoms with Crippen molar-refractivity contribution in [2.24, 2.45) is 0 Å². The number of carboxylic acids is 1. The minimum Gasteiger partial charge on any atom is -0.477 e. The summed E-state index contributed by atoms with van der Waals surface area (Å²) in [5, 5.41) is 17.4. The molecule has 0 saturated heterocycles. The Morgan fingerprint density at radius 3 is 3.06 bits per heavy atom. The molecule has 2 heterocycles. The first-order chi connectivity index (χ1) is 7.58. The summed E-state index contributed by atoms with van der Waals surface area (Å²) < 4.78 is 0. The van der Waals surface area contributed by atoms with Crippen LogP contribution in [0.1, 0.15) is 9.67 Å². The Morgan fingerprint density at radius 1 is 1.69 bits per heavy atom. The van der Waals surface area contributed by atoms with Crippen LogP contribution in [0.15, 0.2) is 5.38 Å². The summed E-state index contributed by atoms with van der Waals surface area (Å²) >= 11 is 1.26. The van der Waals surface area contributed by atoms with Gasteiger partial charge in [-0.1, -0.05) is 0 Å². The second-order valence-corrected chi connectivity index (χ2v) is 5.02. The smallest absolute Gasteiger partial charge is 0.348 e. The molecule has 0 aliphatic carbocycles. The zero-order valence-corrected chi connectivity index (χ0v) is 10.1. The maximum Gasteiger partial charge on any atom is 0.348 e. The Kier molecular flexibility index (Phi) is 3.02. The predicted octanol–water partition coefficient (Wildman–Crippen LogP) is 1.21. The lowest BCUT2D eigenvalue weighted by atomic mass is 10.2. The van der Waals surface area contributed by atoms with Gasteiger partial charge in [0.25, 0.3) is 0 Å². The molecule has 16 heavy (non-hydrogen) atoms. The van der Waals surface area contributed by atoms with Crippen LogP contribution in [-0.2, 0) is 0 Å². The van der Waals surface area contributed by atoms with Gasteiger partial charge in [0.1, 0.15) is 4.88 Å². The van der Waals surface area contributed by atoms with E-state index in [1.807, 2.05) is 19.5 Å². The normalized spacial score (nSPS) is 18.8. The summed E-state index contributed by atoms with van der Waals surface area (Å²) in [4.78, 5) is 13.4.